The fraction of sp³-hybridized carbons (Fsp3) is 0.500. The summed E-state index contributed by atoms with van der Waals surface area (Å²) in [4.78, 5) is 12.0. The van der Waals surface area contributed by atoms with Gasteiger partial charge >= 0.3 is 0 Å². The number of aldehydes is 1. The van der Waals surface area contributed by atoms with Gasteiger partial charge in [-0.15, -0.1) is 11.3 Å². The quantitative estimate of drug-likeness (QED) is 0.633. The standard InChI is InChI=1S/C14H18O3S2/c1-19(16,17)14-8-7-13(18-14)12(10-15)9-11-5-3-2-4-6-11/h7-11H,2-6H2,1H3. The molecular formula is C14H18O3S2. The molecule has 104 valence electrons. The topological polar surface area (TPSA) is 51.2 Å². The number of carbonyl (C=O) groups excluding carboxylic acids is 1. The Labute approximate surface area is 118 Å². The number of sulfone groups is 1. The highest BCUT2D eigenvalue weighted by molar-refractivity contribution is 7.92. The fourth-order valence-corrected chi connectivity index (χ4v) is 4.32. The highest BCUT2D eigenvalue weighted by Gasteiger charge is 2.15. The molecular weight excluding hydrogens is 280 g/mol. The highest BCUT2D eigenvalue weighted by Crippen LogP contribution is 2.31. The van der Waals surface area contributed by atoms with E-state index in [2.05, 4.69) is 0 Å². The Morgan fingerprint density at radius 2 is 1.95 bits per heavy atom. The van der Waals surface area contributed by atoms with Gasteiger partial charge in [-0.1, -0.05) is 25.3 Å². The van der Waals surface area contributed by atoms with Gasteiger partial charge < -0.3 is 0 Å². The zero-order valence-electron chi connectivity index (χ0n) is 11.0. The van der Waals surface area contributed by atoms with Crippen LogP contribution in [-0.4, -0.2) is 21.0 Å². The molecule has 0 atom stereocenters. The van der Waals surface area contributed by atoms with E-state index in [0.717, 1.165) is 24.0 Å². The maximum Gasteiger partial charge on any atom is 0.184 e. The first kappa shape index (κ1) is 14.5. The minimum absolute atomic E-state index is 0.318. The molecule has 2 rings (SSSR count). The van der Waals surface area contributed by atoms with E-state index in [1.54, 1.807) is 12.1 Å². The van der Waals surface area contributed by atoms with E-state index in [4.69, 9.17) is 0 Å². The summed E-state index contributed by atoms with van der Waals surface area (Å²) in [7, 11) is -3.18. The van der Waals surface area contributed by atoms with E-state index < -0.39 is 9.84 Å². The van der Waals surface area contributed by atoms with Crippen LogP contribution in [0.4, 0.5) is 0 Å². The summed E-state index contributed by atoms with van der Waals surface area (Å²) in [5.74, 6) is 0.456. The monoisotopic (exact) mass is 298 g/mol. The maximum atomic E-state index is 11.4. The summed E-state index contributed by atoms with van der Waals surface area (Å²) in [6.45, 7) is 0. The van der Waals surface area contributed by atoms with Crippen LogP contribution in [0.1, 0.15) is 37.0 Å². The van der Waals surface area contributed by atoms with E-state index in [0.29, 0.717) is 15.7 Å². The molecule has 19 heavy (non-hydrogen) atoms. The van der Waals surface area contributed by atoms with E-state index in [9.17, 15) is 13.2 Å². The van der Waals surface area contributed by atoms with Gasteiger partial charge in [0.1, 0.15) is 4.21 Å². The molecule has 1 aliphatic rings. The molecule has 0 aliphatic heterocycles. The van der Waals surface area contributed by atoms with Crippen molar-refractivity contribution < 1.29 is 13.2 Å². The second kappa shape index (κ2) is 6.01. The number of rotatable bonds is 4. The third-order valence-corrected chi connectivity index (χ3v) is 6.38. The minimum Gasteiger partial charge on any atom is -0.298 e. The Hall–Kier alpha value is -0.940. The fourth-order valence-electron chi connectivity index (χ4n) is 2.41. The Bertz CT molecular complexity index is 576. The van der Waals surface area contributed by atoms with Crippen molar-refractivity contribution in [2.75, 3.05) is 6.26 Å². The van der Waals surface area contributed by atoms with Gasteiger partial charge in [-0.25, -0.2) is 8.42 Å². The summed E-state index contributed by atoms with van der Waals surface area (Å²) >= 11 is 1.17. The van der Waals surface area contributed by atoms with Crippen LogP contribution >= 0.6 is 11.3 Å². The zero-order chi connectivity index (χ0) is 13.9. The van der Waals surface area contributed by atoms with Crippen LogP contribution in [0.15, 0.2) is 22.4 Å². The lowest BCUT2D eigenvalue weighted by Gasteiger charge is -2.18. The molecule has 0 aromatic carbocycles. The summed E-state index contributed by atoms with van der Waals surface area (Å²) in [5, 5.41) is 0. The summed E-state index contributed by atoms with van der Waals surface area (Å²) in [5.41, 5.74) is 0.631. The van der Waals surface area contributed by atoms with Gasteiger partial charge in [0.05, 0.1) is 0 Å². The van der Waals surface area contributed by atoms with Gasteiger partial charge in [0, 0.05) is 16.7 Å². The smallest absolute Gasteiger partial charge is 0.184 e. The van der Waals surface area contributed by atoms with Crippen molar-refractivity contribution in [1.82, 2.24) is 0 Å². The third-order valence-electron chi connectivity index (χ3n) is 3.42. The van der Waals surface area contributed by atoms with E-state index >= 15 is 0 Å². The first-order valence-corrected chi connectivity index (χ1v) is 9.19. The average Bonchev–Trinajstić information content (AvgIpc) is 2.86. The normalized spacial score (nSPS) is 18.5. The molecule has 1 aliphatic carbocycles. The van der Waals surface area contributed by atoms with Crippen LogP contribution in [0.25, 0.3) is 5.57 Å². The van der Waals surface area contributed by atoms with Crippen molar-refractivity contribution in [2.45, 2.75) is 36.3 Å². The Balaban J connectivity index is 2.24. The van der Waals surface area contributed by atoms with E-state index in [-0.39, 0.29) is 0 Å². The Morgan fingerprint density at radius 3 is 2.47 bits per heavy atom. The second-order valence-corrected chi connectivity index (χ2v) is 8.36. The van der Waals surface area contributed by atoms with Crippen LogP contribution < -0.4 is 0 Å². The lowest BCUT2D eigenvalue weighted by molar-refractivity contribution is -0.103. The van der Waals surface area contributed by atoms with Gasteiger partial charge in [-0.3, -0.25) is 4.79 Å². The van der Waals surface area contributed by atoms with Crippen molar-refractivity contribution >= 4 is 33.0 Å². The van der Waals surface area contributed by atoms with Crippen LogP contribution in [0, 0.1) is 5.92 Å². The SMILES string of the molecule is CS(=O)(=O)c1ccc(C(C=O)=CC2CCCCC2)s1. The minimum atomic E-state index is -3.18. The Morgan fingerprint density at radius 1 is 1.26 bits per heavy atom. The Kier molecular flexibility index (Phi) is 4.58. The molecule has 0 spiro atoms. The van der Waals surface area contributed by atoms with Crippen molar-refractivity contribution in [3.63, 3.8) is 0 Å². The molecule has 0 N–H and O–H groups in total. The van der Waals surface area contributed by atoms with Gasteiger partial charge in [-0.05, 0) is 30.9 Å². The zero-order valence-corrected chi connectivity index (χ0v) is 12.6. The van der Waals surface area contributed by atoms with Crippen molar-refractivity contribution in [2.24, 2.45) is 5.92 Å². The molecule has 5 heteroatoms. The van der Waals surface area contributed by atoms with Crippen LogP contribution in [0.3, 0.4) is 0 Å². The maximum absolute atomic E-state index is 11.4. The largest absolute Gasteiger partial charge is 0.298 e. The predicted molar refractivity (Wildman–Crippen MR) is 78.0 cm³/mol. The van der Waals surface area contributed by atoms with E-state index in [1.807, 2.05) is 6.08 Å². The molecule has 0 unspecified atom stereocenters. The molecule has 0 radical (unpaired) electrons. The molecule has 1 aromatic heterocycles. The van der Waals surface area contributed by atoms with Gasteiger partial charge in [-0.2, -0.15) is 0 Å². The number of hydrogen-bond acceptors (Lipinski definition) is 4. The van der Waals surface area contributed by atoms with Gasteiger partial charge in [0.2, 0.25) is 0 Å². The highest BCUT2D eigenvalue weighted by atomic mass is 32.2. The summed E-state index contributed by atoms with van der Waals surface area (Å²) < 4.78 is 23.2. The first-order chi connectivity index (χ1) is 9.00. The third kappa shape index (κ3) is 3.76. The molecule has 0 saturated heterocycles. The van der Waals surface area contributed by atoms with Crippen LogP contribution in [-0.2, 0) is 14.6 Å². The predicted octanol–water partition coefficient (Wildman–Crippen LogP) is 3.31. The van der Waals surface area contributed by atoms with Crippen molar-refractivity contribution in [3.05, 3.63) is 23.1 Å². The molecule has 1 heterocycles. The molecule has 1 aromatic rings. The first-order valence-electron chi connectivity index (χ1n) is 6.48. The second-order valence-electron chi connectivity index (χ2n) is 5.03. The van der Waals surface area contributed by atoms with Crippen LogP contribution in [0.2, 0.25) is 0 Å². The molecule has 3 nitrogen and oxygen atoms in total. The van der Waals surface area contributed by atoms with Crippen molar-refractivity contribution in [1.29, 1.82) is 0 Å². The number of carbonyl (C=O) groups is 1. The summed E-state index contributed by atoms with van der Waals surface area (Å²) in [6, 6.07) is 3.30. The van der Waals surface area contributed by atoms with E-state index in [1.165, 1.54) is 36.9 Å². The lowest BCUT2D eigenvalue weighted by atomic mass is 9.88. The average molecular weight is 298 g/mol. The number of hydrogen-bond donors (Lipinski definition) is 0. The number of thiophene rings is 1. The van der Waals surface area contributed by atoms with Crippen molar-refractivity contribution in [3.8, 4) is 0 Å². The summed E-state index contributed by atoms with van der Waals surface area (Å²) in [6.07, 6.45) is 10.0. The molecule has 0 amide bonds. The van der Waals surface area contributed by atoms with Gasteiger partial charge in [0.25, 0.3) is 0 Å². The van der Waals surface area contributed by atoms with Gasteiger partial charge in [0.15, 0.2) is 16.1 Å². The lowest BCUT2D eigenvalue weighted by Crippen LogP contribution is -2.03. The van der Waals surface area contributed by atoms with Crippen LogP contribution in [0.5, 0.6) is 0 Å². The molecule has 1 fully saturated rings. The number of allylic oxidation sites excluding steroid dienone is 2. The molecule has 0 bridgehead atoms. The molecule has 1 saturated carbocycles.